The van der Waals surface area contributed by atoms with E-state index in [4.69, 9.17) is 9.47 Å². The number of amides is 1. The van der Waals surface area contributed by atoms with Crippen molar-refractivity contribution in [3.05, 3.63) is 120 Å². The lowest BCUT2D eigenvalue weighted by Crippen LogP contribution is -2.24. The van der Waals surface area contributed by atoms with Gasteiger partial charge in [0.05, 0.1) is 11.8 Å². The Bertz CT molecular complexity index is 1640. The quantitative estimate of drug-likeness (QED) is 0.131. The van der Waals surface area contributed by atoms with Crippen LogP contribution in [-0.2, 0) is 4.79 Å². The number of hydrogen-bond donors (Lipinski definition) is 1. The number of ether oxygens (including phenoxy) is 2. The van der Waals surface area contributed by atoms with E-state index in [0.717, 1.165) is 27.1 Å². The van der Waals surface area contributed by atoms with Crippen LogP contribution in [-0.4, -0.2) is 24.7 Å². The number of nitrogens with one attached hydrogen (secondary N) is 1. The molecule has 0 atom stereocenters. The lowest BCUT2D eigenvalue weighted by molar-refractivity contribution is -0.123. The van der Waals surface area contributed by atoms with Gasteiger partial charge in [0.1, 0.15) is 11.5 Å². The lowest BCUT2D eigenvalue weighted by atomic mass is 10.0. The molecular weight excluding hydrogens is 464 g/mol. The highest BCUT2D eigenvalue weighted by Crippen LogP contribution is 2.28. The molecule has 0 unspecified atom stereocenters. The average molecular weight is 489 g/mol. The Hall–Kier alpha value is -4.97. The second-order valence-corrected chi connectivity index (χ2v) is 8.52. The first kappa shape index (κ1) is 23.8. The van der Waals surface area contributed by atoms with Crippen LogP contribution in [0.5, 0.6) is 11.5 Å². The van der Waals surface area contributed by atoms with Crippen LogP contribution < -0.4 is 14.9 Å². The van der Waals surface area contributed by atoms with Crippen molar-refractivity contribution in [1.82, 2.24) is 5.43 Å². The SMILES string of the molecule is Cc1cccc(C(=O)Oc2ccc3ccccc3c2C=NNC(=O)COc2cccc3ccccc23)c1. The number of nitrogens with zero attached hydrogens (tertiary/aromatic N) is 1. The number of esters is 1. The van der Waals surface area contributed by atoms with Gasteiger partial charge in [-0.25, -0.2) is 10.2 Å². The van der Waals surface area contributed by atoms with Gasteiger partial charge in [0.25, 0.3) is 5.91 Å². The minimum atomic E-state index is -0.471. The largest absolute Gasteiger partial charge is 0.483 e. The third-order valence-corrected chi connectivity index (χ3v) is 5.88. The third-order valence-electron chi connectivity index (χ3n) is 5.88. The zero-order valence-electron chi connectivity index (χ0n) is 20.2. The predicted molar refractivity (Wildman–Crippen MR) is 145 cm³/mol. The van der Waals surface area contributed by atoms with Gasteiger partial charge in [-0.1, -0.05) is 84.4 Å². The molecule has 182 valence electrons. The number of benzene rings is 5. The second kappa shape index (κ2) is 10.7. The number of aryl methyl sites for hydroxylation is 1. The third kappa shape index (κ3) is 5.49. The molecular formula is C31H24N2O4. The maximum absolute atomic E-state index is 12.8. The molecule has 0 heterocycles. The van der Waals surface area contributed by atoms with Crippen LogP contribution in [0, 0.1) is 6.92 Å². The van der Waals surface area contributed by atoms with Crippen molar-refractivity contribution in [3.63, 3.8) is 0 Å². The van der Waals surface area contributed by atoms with E-state index in [2.05, 4.69) is 10.5 Å². The molecule has 6 nitrogen and oxygen atoms in total. The van der Waals surface area contributed by atoms with Crippen LogP contribution in [0.2, 0.25) is 0 Å². The van der Waals surface area contributed by atoms with Crippen LogP contribution in [0.3, 0.4) is 0 Å². The number of hydrogen-bond acceptors (Lipinski definition) is 5. The zero-order chi connectivity index (χ0) is 25.6. The van der Waals surface area contributed by atoms with Gasteiger partial charge in [-0.15, -0.1) is 0 Å². The first-order chi connectivity index (χ1) is 18.1. The summed E-state index contributed by atoms with van der Waals surface area (Å²) >= 11 is 0. The molecule has 0 fully saturated rings. The Morgan fingerprint density at radius 3 is 2.30 bits per heavy atom. The first-order valence-electron chi connectivity index (χ1n) is 11.8. The highest BCUT2D eigenvalue weighted by atomic mass is 16.5. The van der Waals surface area contributed by atoms with Crippen molar-refractivity contribution in [2.45, 2.75) is 6.92 Å². The van der Waals surface area contributed by atoms with E-state index in [1.807, 2.05) is 91.9 Å². The molecule has 5 aromatic carbocycles. The van der Waals surface area contributed by atoms with Gasteiger partial charge < -0.3 is 9.47 Å². The molecule has 0 aromatic heterocycles. The van der Waals surface area contributed by atoms with Gasteiger partial charge in [-0.3, -0.25) is 4.79 Å². The predicted octanol–water partition coefficient (Wildman–Crippen LogP) is 6.05. The topological polar surface area (TPSA) is 77.0 Å². The number of carbonyl (C=O) groups excluding carboxylic acids is 2. The number of hydrazone groups is 1. The lowest BCUT2D eigenvalue weighted by Gasteiger charge is -2.11. The highest BCUT2D eigenvalue weighted by Gasteiger charge is 2.14. The summed E-state index contributed by atoms with van der Waals surface area (Å²) in [5.41, 5.74) is 4.49. The number of fused-ring (bicyclic) bond motifs is 2. The maximum Gasteiger partial charge on any atom is 0.343 e. The summed E-state index contributed by atoms with van der Waals surface area (Å²) in [5.74, 6) is 0.0794. The Morgan fingerprint density at radius 2 is 1.49 bits per heavy atom. The second-order valence-electron chi connectivity index (χ2n) is 8.52. The van der Waals surface area contributed by atoms with Crippen molar-refractivity contribution < 1.29 is 19.1 Å². The van der Waals surface area contributed by atoms with E-state index < -0.39 is 11.9 Å². The molecule has 5 rings (SSSR count). The fourth-order valence-electron chi connectivity index (χ4n) is 4.09. The van der Waals surface area contributed by atoms with E-state index in [1.54, 1.807) is 18.2 Å². The summed E-state index contributed by atoms with van der Waals surface area (Å²) in [6.07, 6.45) is 1.48. The number of rotatable bonds is 7. The van der Waals surface area contributed by atoms with Crippen molar-refractivity contribution in [1.29, 1.82) is 0 Å². The van der Waals surface area contributed by atoms with E-state index in [-0.39, 0.29) is 6.61 Å². The zero-order valence-corrected chi connectivity index (χ0v) is 20.2. The van der Waals surface area contributed by atoms with Crippen molar-refractivity contribution in [2.75, 3.05) is 6.61 Å². The average Bonchev–Trinajstić information content (AvgIpc) is 2.92. The van der Waals surface area contributed by atoms with E-state index in [1.165, 1.54) is 6.21 Å². The first-order valence-corrected chi connectivity index (χ1v) is 11.8. The monoisotopic (exact) mass is 488 g/mol. The van der Waals surface area contributed by atoms with Gasteiger partial charge in [0.2, 0.25) is 0 Å². The molecule has 0 bridgehead atoms. The van der Waals surface area contributed by atoms with E-state index in [9.17, 15) is 9.59 Å². The van der Waals surface area contributed by atoms with Gasteiger partial charge in [0, 0.05) is 10.9 Å². The van der Waals surface area contributed by atoms with Crippen molar-refractivity contribution in [3.8, 4) is 11.5 Å². The molecule has 1 N–H and O–H groups in total. The normalized spacial score (nSPS) is 11.1. The summed E-state index contributed by atoms with van der Waals surface area (Å²) in [6, 6.07) is 32.0. The number of carbonyl (C=O) groups is 2. The fourth-order valence-corrected chi connectivity index (χ4v) is 4.09. The van der Waals surface area contributed by atoms with Crippen LogP contribution in [0.15, 0.2) is 108 Å². The summed E-state index contributed by atoms with van der Waals surface area (Å²) < 4.78 is 11.5. The van der Waals surface area contributed by atoms with Crippen LogP contribution in [0.1, 0.15) is 21.5 Å². The van der Waals surface area contributed by atoms with E-state index in [0.29, 0.717) is 22.6 Å². The summed E-state index contributed by atoms with van der Waals surface area (Å²) in [5, 5.41) is 7.87. The molecule has 1 amide bonds. The highest BCUT2D eigenvalue weighted by molar-refractivity contribution is 6.04. The molecule has 0 aliphatic rings. The van der Waals surface area contributed by atoms with Crippen LogP contribution in [0.4, 0.5) is 0 Å². The molecule has 0 aliphatic carbocycles. The fraction of sp³-hybridized carbons (Fsp3) is 0.0645. The Balaban J connectivity index is 1.32. The molecule has 0 radical (unpaired) electrons. The van der Waals surface area contributed by atoms with Crippen LogP contribution >= 0.6 is 0 Å². The maximum atomic E-state index is 12.8. The molecule has 0 spiro atoms. The van der Waals surface area contributed by atoms with Gasteiger partial charge in [-0.05, 0) is 47.3 Å². The summed E-state index contributed by atoms with van der Waals surface area (Å²) in [4.78, 5) is 25.2. The summed E-state index contributed by atoms with van der Waals surface area (Å²) in [7, 11) is 0. The minimum absolute atomic E-state index is 0.198. The molecule has 37 heavy (non-hydrogen) atoms. The van der Waals surface area contributed by atoms with Gasteiger partial charge in [0.15, 0.2) is 6.61 Å². The van der Waals surface area contributed by atoms with Gasteiger partial charge in [-0.2, -0.15) is 5.10 Å². The molecule has 0 aliphatic heterocycles. The standard InChI is InChI=1S/C31H24N2O4/c1-21-8-6-12-24(18-21)31(35)37-29-17-16-23-10-2-4-13-25(23)27(29)19-32-33-30(34)20-36-28-15-7-11-22-9-3-5-14-26(22)28/h2-19H,20H2,1H3,(H,33,34). The van der Waals surface area contributed by atoms with Crippen LogP contribution in [0.25, 0.3) is 21.5 Å². The smallest absolute Gasteiger partial charge is 0.343 e. The van der Waals surface area contributed by atoms with E-state index >= 15 is 0 Å². The molecule has 5 aromatic rings. The molecule has 6 heteroatoms. The minimum Gasteiger partial charge on any atom is -0.483 e. The Morgan fingerprint density at radius 1 is 0.784 bits per heavy atom. The van der Waals surface area contributed by atoms with Crippen molar-refractivity contribution in [2.24, 2.45) is 5.10 Å². The van der Waals surface area contributed by atoms with Crippen molar-refractivity contribution >= 4 is 39.6 Å². The van der Waals surface area contributed by atoms with Gasteiger partial charge >= 0.3 is 5.97 Å². The summed E-state index contributed by atoms with van der Waals surface area (Å²) in [6.45, 7) is 1.72. The Labute approximate surface area is 214 Å². The molecule has 0 saturated carbocycles. The molecule has 0 saturated heterocycles. The Kier molecular flexibility index (Phi) is 6.90.